The van der Waals surface area contributed by atoms with Gasteiger partial charge in [-0.15, -0.1) is 0 Å². The third-order valence-corrected chi connectivity index (χ3v) is 3.49. The Morgan fingerprint density at radius 3 is 2.70 bits per heavy atom. The summed E-state index contributed by atoms with van der Waals surface area (Å²) in [5.74, 6) is 0.751. The second kappa shape index (κ2) is 7.79. The van der Waals surface area contributed by atoms with Gasteiger partial charge in [0.2, 0.25) is 0 Å². The quantitative estimate of drug-likeness (QED) is 0.742. The molecule has 0 radical (unpaired) electrons. The van der Waals surface area contributed by atoms with Crippen LogP contribution < -0.4 is 10.9 Å². The van der Waals surface area contributed by atoms with Crippen molar-refractivity contribution >= 4 is 28.3 Å². The van der Waals surface area contributed by atoms with Gasteiger partial charge in [-0.05, 0) is 48.9 Å². The van der Waals surface area contributed by atoms with Crippen LogP contribution in [0.2, 0.25) is 5.02 Å². The van der Waals surface area contributed by atoms with Crippen LogP contribution in [-0.4, -0.2) is 9.97 Å². The van der Waals surface area contributed by atoms with Crippen molar-refractivity contribution in [2.75, 3.05) is 5.32 Å². The maximum Gasteiger partial charge on any atom is 0.253 e. The van der Waals surface area contributed by atoms with E-state index in [0.29, 0.717) is 17.1 Å². The van der Waals surface area contributed by atoms with Crippen LogP contribution in [0.4, 0.5) is 5.82 Å². The summed E-state index contributed by atoms with van der Waals surface area (Å²) in [5, 5.41) is 4.72. The summed E-state index contributed by atoms with van der Waals surface area (Å²) in [7, 11) is 0. The number of H-pyrrole nitrogens is 1. The molecule has 0 aliphatic heterocycles. The third-order valence-electron chi connectivity index (χ3n) is 3.26. The fourth-order valence-corrected chi connectivity index (χ4v) is 2.35. The van der Waals surface area contributed by atoms with E-state index >= 15 is 0 Å². The molecule has 0 fully saturated rings. The first-order valence-corrected chi connectivity index (χ1v) is 7.97. The number of anilines is 1. The van der Waals surface area contributed by atoms with Gasteiger partial charge in [-0.2, -0.15) is 0 Å². The lowest BCUT2D eigenvalue weighted by Crippen LogP contribution is -2.16. The highest BCUT2D eigenvalue weighted by atomic mass is 35.5. The van der Waals surface area contributed by atoms with E-state index in [2.05, 4.69) is 15.3 Å². The van der Waals surface area contributed by atoms with E-state index in [-0.39, 0.29) is 5.56 Å². The van der Waals surface area contributed by atoms with E-state index in [1.165, 1.54) is 0 Å². The molecule has 2 N–H and O–H groups in total. The first kappa shape index (κ1) is 17.0. The lowest BCUT2D eigenvalue weighted by atomic mass is 10.1. The number of nitrogens with zero attached hydrogens (tertiary/aromatic N) is 1. The monoisotopic (exact) mass is 329 g/mol. The number of pyridine rings is 2. The van der Waals surface area contributed by atoms with Crippen molar-refractivity contribution in [3.63, 3.8) is 0 Å². The maximum atomic E-state index is 12.1. The van der Waals surface area contributed by atoms with Crippen LogP contribution in [0, 0.1) is 6.92 Å². The Morgan fingerprint density at radius 1 is 1.17 bits per heavy atom. The van der Waals surface area contributed by atoms with Gasteiger partial charge in [0, 0.05) is 34.2 Å². The molecule has 120 valence electrons. The van der Waals surface area contributed by atoms with Gasteiger partial charge in [0.25, 0.3) is 5.56 Å². The van der Waals surface area contributed by atoms with Gasteiger partial charge in [-0.25, -0.2) is 4.98 Å². The zero-order chi connectivity index (χ0) is 16.8. The molecule has 0 bridgehead atoms. The van der Waals surface area contributed by atoms with Gasteiger partial charge in [0.15, 0.2) is 0 Å². The van der Waals surface area contributed by atoms with Gasteiger partial charge in [0.05, 0.1) is 0 Å². The fraction of sp³-hybridized carbons (Fsp3) is 0.222. The molecule has 2 aromatic heterocycles. The van der Waals surface area contributed by atoms with Gasteiger partial charge >= 0.3 is 0 Å². The summed E-state index contributed by atoms with van der Waals surface area (Å²) < 4.78 is 0. The van der Waals surface area contributed by atoms with Gasteiger partial charge in [0.1, 0.15) is 5.82 Å². The molecule has 0 saturated heterocycles. The zero-order valence-electron chi connectivity index (χ0n) is 13.5. The van der Waals surface area contributed by atoms with E-state index in [9.17, 15) is 4.79 Å². The molecular formula is C18H20ClN3O. The third kappa shape index (κ3) is 4.33. The smallest absolute Gasteiger partial charge is 0.253 e. The molecule has 4 nitrogen and oxygen atoms in total. The molecule has 5 heteroatoms. The molecule has 1 aromatic carbocycles. The lowest BCUT2D eigenvalue weighted by Gasteiger charge is -2.07. The number of hydrogen-bond acceptors (Lipinski definition) is 3. The van der Waals surface area contributed by atoms with Crippen molar-refractivity contribution in [1.82, 2.24) is 9.97 Å². The Morgan fingerprint density at radius 2 is 1.96 bits per heavy atom. The summed E-state index contributed by atoms with van der Waals surface area (Å²) in [6.45, 7) is 6.41. The summed E-state index contributed by atoms with van der Waals surface area (Å²) >= 11 is 5.98. The average Bonchev–Trinajstić information content (AvgIpc) is 2.55. The molecule has 0 aliphatic rings. The highest BCUT2D eigenvalue weighted by Crippen LogP contribution is 2.17. The summed E-state index contributed by atoms with van der Waals surface area (Å²) in [4.78, 5) is 19.1. The van der Waals surface area contributed by atoms with Crippen molar-refractivity contribution in [2.45, 2.75) is 27.3 Å². The molecular weight excluding hydrogens is 310 g/mol. The number of aryl methyl sites for hydroxylation is 1. The standard InChI is InChI=1S/C16H14ClN3O.C2H6/c1-10-4-5-18-15(6-10)19-9-12-7-11-8-13(17)2-3-14(11)20-16(12)21;1-2/h2-8H,9H2,1H3,(H,18,19)(H,20,21);1-2H3. The largest absolute Gasteiger partial charge is 0.366 e. The molecule has 23 heavy (non-hydrogen) atoms. The minimum absolute atomic E-state index is 0.107. The minimum Gasteiger partial charge on any atom is -0.366 e. The van der Waals surface area contributed by atoms with Crippen molar-refractivity contribution in [2.24, 2.45) is 0 Å². The molecule has 0 amide bonds. The zero-order valence-corrected chi connectivity index (χ0v) is 14.2. The van der Waals surface area contributed by atoms with E-state index in [1.807, 2.05) is 45.0 Å². The molecule has 0 atom stereocenters. The maximum absolute atomic E-state index is 12.1. The number of aromatic amines is 1. The molecule has 0 unspecified atom stereocenters. The van der Waals surface area contributed by atoms with Crippen molar-refractivity contribution in [3.05, 3.63) is 69.1 Å². The van der Waals surface area contributed by atoms with Gasteiger partial charge in [-0.1, -0.05) is 25.4 Å². The molecule has 3 aromatic rings. The molecule has 0 aliphatic carbocycles. The molecule has 3 rings (SSSR count). The van der Waals surface area contributed by atoms with Crippen molar-refractivity contribution in [3.8, 4) is 0 Å². The second-order valence-electron chi connectivity index (χ2n) is 4.93. The number of hydrogen-bond donors (Lipinski definition) is 2. The molecule has 2 heterocycles. The number of nitrogens with one attached hydrogen (secondary N) is 2. The van der Waals surface area contributed by atoms with Gasteiger partial charge in [-0.3, -0.25) is 4.79 Å². The first-order chi connectivity index (χ1) is 11.1. The van der Waals surface area contributed by atoms with Crippen LogP contribution >= 0.6 is 11.6 Å². The molecule has 0 saturated carbocycles. The van der Waals surface area contributed by atoms with Crippen LogP contribution in [0.1, 0.15) is 25.0 Å². The number of aromatic nitrogens is 2. The number of fused-ring (bicyclic) bond motifs is 1. The fourth-order valence-electron chi connectivity index (χ4n) is 2.17. The first-order valence-electron chi connectivity index (χ1n) is 7.60. The summed E-state index contributed by atoms with van der Waals surface area (Å²) in [6, 6.07) is 11.1. The summed E-state index contributed by atoms with van der Waals surface area (Å²) in [5.41, 5.74) is 2.44. The number of rotatable bonds is 3. The van der Waals surface area contributed by atoms with E-state index in [1.54, 1.807) is 18.3 Å². The van der Waals surface area contributed by atoms with E-state index in [4.69, 9.17) is 11.6 Å². The Bertz CT molecular complexity index is 858. The Kier molecular flexibility index (Phi) is 5.77. The Balaban J connectivity index is 0.000000924. The topological polar surface area (TPSA) is 57.8 Å². The highest BCUT2D eigenvalue weighted by molar-refractivity contribution is 6.31. The van der Waals surface area contributed by atoms with Crippen LogP contribution in [-0.2, 0) is 6.54 Å². The minimum atomic E-state index is -0.107. The van der Waals surface area contributed by atoms with Gasteiger partial charge < -0.3 is 10.3 Å². The second-order valence-corrected chi connectivity index (χ2v) is 5.36. The van der Waals surface area contributed by atoms with Crippen molar-refractivity contribution in [1.29, 1.82) is 0 Å². The number of halogens is 1. The van der Waals surface area contributed by atoms with Crippen LogP contribution in [0.25, 0.3) is 10.9 Å². The van der Waals surface area contributed by atoms with E-state index < -0.39 is 0 Å². The Hall–Kier alpha value is -2.33. The normalized spacial score (nSPS) is 10.1. The van der Waals surface area contributed by atoms with Crippen molar-refractivity contribution < 1.29 is 0 Å². The van der Waals surface area contributed by atoms with Crippen LogP contribution in [0.15, 0.2) is 47.4 Å². The predicted octanol–water partition coefficient (Wildman–Crippen LogP) is 4.52. The summed E-state index contributed by atoms with van der Waals surface area (Å²) in [6.07, 6.45) is 1.74. The van der Waals surface area contributed by atoms with E-state index in [0.717, 1.165) is 22.3 Å². The SMILES string of the molecule is CC.Cc1ccnc(NCc2cc3cc(Cl)ccc3[nH]c2=O)c1. The lowest BCUT2D eigenvalue weighted by molar-refractivity contribution is 1.07. The van der Waals surface area contributed by atoms with Crippen LogP contribution in [0.3, 0.4) is 0 Å². The highest BCUT2D eigenvalue weighted by Gasteiger charge is 2.04. The number of benzene rings is 1. The Labute approximate surface area is 140 Å². The van der Waals surface area contributed by atoms with Crippen LogP contribution in [0.5, 0.6) is 0 Å². The molecule has 0 spiro atoms. The predicted molar refractivity (Wildman–Crippen MR) is 97.2 cm³/mol. The average molecular weight is 330 g/mol.